The highest BCUT2D eigenvalue weighted by molar-refractivity contribution is 7.14. The number of anilines is 2. The van der Waals surface area contributed by atoms with Crippen LogP contribution in [0.5, 0.6) is 11.5 Å². The third kappa shape index (κ3) is 6.39. The van der Waals surface area contributed by atoms with E-state index in [9.17, 15) is 9.59 Å². The van der Waals surface area contributed by atoms with Crippen molar-refractivity contribution < 1.29 is 28.5 Å². The van der Waals surface area contributed by atoms with Crippen molar-refractivity contribution in [2.75, 3.05) is 56.3 Å². The second-order valence-electron chi connectivity index (χ2n) is 7.48. The fraction of sp³-hybridized carbons (Fsp3) is 0.500. The summed E-state index contributed by atoms with van der Waals surface area (Å²) in [6, 6.07) is 5.44. The van der Waals surface area contributed by atoms with Crippen LogP contribution < -0.4 is 19.7 Å². The van der Waals surface area contributed by atoms with Gasteiger partial charge in [-0.1, -0.05) is 6.92 Å². The van der Waals surface area contributed by atoms with Crippen molar-refractivity contribution in [3.63, 3.8) is 0 Å². The first kappa shape index (κ1) is 24.9. The van der Waals surface area contributed by atoms with Crippen molar-refractivity contribution in [2.24, 2.45) is 0 Å². The van der Waals surface area contributed by atoms with Gasteiger partial charge in [-0.05, 0) is 38.8 Å². The number of thiophene rings is 1. The lowest BCUT2D eigenvalue weighted by Gasteiger charge is -2.31. The van der Waals surface area contributed by atoms with Crippen molar-refractivity contribution in [3.05, 3.63) is 33.5 Å². The van der Waals surface area contributed by atoms with E-state index in [2.05, 4.69) is 10.2 Å². The molecule has 1 aliphatic rings. The molecule has 2 heterocycles. The number of benzene rings is 1. The molecule has 33 heavy (non-hydrogen) atoms. The molecule has 1 fully saturated rings. The molecule has 1 aromatic heterocycles. The Bertz CT molecular complexity index is 968. The predicted octanol–water partition coefficient (Wildman–Crippen LogP) is 4.05. The first-order valence-corrected chi connectivity index (χ1v) is 12.1. The minimum atomic E-state index is -0.499. The Morgan fingerprint density at radius 3 is 2.39 bits per heavy atom. The first-order valence-electron chi connectivity index (χ1n) is 11.3. The van der Waals surface area contributed by atoms with Crippen LogP contribution in [-0.2, 0) is 20.7 Å². The van der Waals surface area contributed by atoms with Crippen molar-refractivity contribution in [1.29, 1.82) is 0 Å². The summed E-state index contributed by atoms with van der Waals surface area (Å²) in [5.41, 5.74) is 2.43. The number of aryl methyl sites for hydroxylation is 2. The fourth-order valence-corrected chi connectivity index (χ4v) is 4.61. The van der Waals surface area contributed by atoms with Gasteiger partial charge in [0.15, 0.2) is 6.61 Å². The van der Waals surface area contributed by atoms with Crippen molar-refractivity contribution >= 4 is 34.6 Å². The maximum absolute atomic E-state index is 12.6. The average molecular weight is 477 g/mol. The van der Waals surface area contributed by atoms with E-state index in [1.807, 2.05) is 33.8 Å². The molecule has 0 saturated carbocycles. The molecular weight excluding hydrogens is 444 g/mol. The number of rotatable bonds is 10. The van der Waals surface area contributed by atoms with Gasteiger partial charge in [0.25, 0.3) is 5.91 Å². The van der Waals surface area contributed by atoms with Gasteiger partial charge in [-0.25, -0.2) is 4.79 Å². The number of hydrogen-bond donors (Lipinski definition) is 1. The fourth-order valence-electron chi connectivity index (χ4n) is 3.60. The van der Waals surface area contributed by atoms with Crippen LogP contribution in [-0.4, -0.2) is 58.0 Å². The lowest BCUT2D eigenvalue weighted by atomic mass is 10.2. The summed E-state index contributed by atoms with van der Waals surface area (Å²) in [7, 11) is 0. The van der Waals surface area contributed by atoms with Crippen LogP contribution in [0, 0.1) is 6.92 Å². The highest BCUT2D eigenvalue weighted by atomic mass is 32.1. The Balaban J connectivity index is 1.72. The van der Waals surface area contributed by atoms with Crippen LogP contribution in [0.15, 0.2) is 18.2 Å². The molecule has 1 aromatic carbocycles. The van der Waals surface area contributed by atoms with E-state index in [0.717, 1.165) is 35.6 Å². The summed E-state index contributed by atoms with van der Waals surface area (Å²) in [4.78, 5) is 28.8. The SMILES string of the molecule is CCOc1cc(N2CCOCC2)c(OCC)cc1NC(=O)COC(=O)c1cc(C)c(CC)s1. The molecule has 2 aromatic rings. The van der Waals surface area contributed by atoms with Crippen molar-refractivity contribution in [1.82, 2.24) is 0 Å². The summed E-state index contributed by atoms with van der Waals surface area (Å²) in [5, 5.41) is 2.80. The zero-order valence-electron chi connectivity index (χ0n) is 19.7. The second-order valence-corrected chi connectivity index (χ2v) is 8.61. The van der Waals surface area contributed by atoms with Gasteiger partial charge in [0, 0.05) is 30.1 Å². The molecule has 3 rings (SSSR count). The number of carbonyl (C=O) groups is 2. The van der Waals surface area contributed by atoms with Crippen LogP contribution in [0.1, 0.15) is 40.9 Å². The van der Waals surface area contributed by atoms with Gasteiger partial charge in [-0.15, -0.1) is 11.3 Å². The molecule has 0 atom stereocenters. The second kappa shape index (κ2) is 11.9. The molecule has 0 aliphatic carbocycles. The summed E-state index contributed by atoms with van der Waals surface area (Å²) >= 11 is 1.40. The number of hydrogen-bond acceptors (Lipinski definition) is 8. The molecule has 0 bridgehead atoms. The zero-order chi connectivity index (χ0) is 23.8. The smallest absolute Gasteiger partial charge is 0.348 e. The first-order chi connectivity index (χ1) is 16.0. The number of morpholine rings is 1. The van der Waals surface area contributed by atoms with Crippen LogP contribution >= 0.6 is 11.3 Å². The topological polar surface area (TPSA) is 86.3 Å². The normalized spacial score (nSPS) is 13.5. The Labute approximate surface area is 198 Å². The number of nitrogens with zero attached hydrogens (tertiary/aromatic N) is 1. The van der Waals surface area contributed by atoms with E-state index in [1.165, 1.54) is 11.3 Å². The molecule has 1 aliphatic heterocycles. The third-order valence-corrected chi connectivity index (χ3v) is 6.53. The van der Waals surface area contributed by atoms with Gasteiger partial charge < -0.3 is 29.2 Å². The highest BCUT2D eigenvalue weighted by Gasteiger charge is 2.21. The minimum absolute atomic E-state index is 0.391. The lowest BCUT2D eigenvalue weighted by molar-refractivity contribution is -0.119. The van der Waals surface area contributed by atoms with E-state index in [4.69, 9.17) is 18.9 Å². The molecule has 0 spiro atoms. The lowest BCUT2D eigenvalue weighted by Crippen LogP contribution is -2.36. The molecule has 1 saturated heterocycles. The van der Waals surface area contributed by atoms with E-state index in [0.29, 0.717) is 48.5 Å². The molecule has 9 heteroatoms. The van der Waals surface area contributed by atoms with Crippen molar-refractivity contribution in [2.45, 2.75) is 34.1 Å². The van der Waals surface area contributed by atoms with Gasteiger partial charge in [0.2, 0.25) is 0 Å². The molecule has 0 radical (unpaired) electrons. The molecule has 1 N–H and O–H groups in total. The third-order valence-electron chi connectivity index (χ3n) is 5.16. The van der Waals surface area contributed by atoms with Crippen LogP contribution in [0.3, 0.4) is 0 Å². The van der Waals surface area contributed by atoms with Gasteiger partial charge >= 0.3 is 5.97 Å². The Morgan fingerprint density at radius 2 is 1.76 bits per heavy atom. The molecular formula is C24H32N2O6S. The monoisotopic (exact) mass is 476 g/mol. The largest absolute Gasteiger partial charge is 0.492 e. The van der Waals surface area contributed by atoms with Gasteiger partial charge in [-0.2, -0.15) is 0 Å². The number of amides is 1. The minimum Gasteiger partial charge on any atom is -0.492 e. The summed E-state index contributed by atoms with van der Waals surface area (Å²) in [5.74, 6) is 0.232. The van der Waals surface area contributed by atoms with Crippen LogP contribution in [0.25, 0.3) is 0 Å². The van der Waals surface area contributed by atoms with Gasteiger partial charge in [-0.3, -0.25) is 4.79 Å². The Morgan fingerprint density at radius 1 is 1.06 bits per heavy atom. The molecule has 1 amide bonds. The Hall–Kier alpha value is -2.78. The van der Waals surface area contributed by atoms with Crippen molar-refractivity contribution in [3.8, 4) is 11.5 Å². The van der Waals surface area contributed by atoms with E-state index < -0.39 is 18.5 Å². The molecule has 0 unspecified atom stereocenters. The standard InChI is InChI=1S/C24H32N2O6S/c1-5-21-16(4)12-22(33-21)24(28)32-15-23(27)25-17-13-20(31-7-3)18(14-19(17)30-6-2)26-8-10-29-11-9-26/h12-14H,5-11,15H2,1-4H3,(H,25,27). The number of ether oxygens (including phenoxy) is 4. The van der Waals surface area contributed by atoms with E-state index >= 15 is 0 Å². The van der Waals surface area contributed by atoms with Crippen LogP contribution in [0.2, 0.25) is 0 Å². The predicted molar refractivity (Wildman–Crippen MR) is 129 cm³/mol. The highest BCUT2D eigenvalue weighted by Crippen LogP contribution is 2.39. The molecule has 8 nitrogen and oxygen atoms in total. The maximum atomic E-state index is 12.6. The molecule has 180 valence electrons. The zero-order valence-corrected chi connectivity index (χ0v) is 20.5. The number of carbonyl (C=O) groups excluding carboxylic acids is 2. The summed E-state index contributed by atoms with van der Waals surface area (Å²) in [6.07, 6.45) is 0.854. The Kier molecular flexibility index (Phi) is 8.96. The maximum Gasteiger partial charge on any atom is 0.348 e. The van der Waals surface area contributed by atoms with E-state index in [1.54, 1.807) is 12.1 Å². The quantitative estimate of drug-likeness (QED) is 0.518. The average Bonchev–Trinajstić information content (AvgIpc) is 3.20. The van der Waals surface area contributed by atoms with Gasteiger partial charge in [0.1, 0.15) is 16.4 Å². The summed E-state index contributed by atoms with van der Waals surface area (Å²) in [6.45, 7) is 11.1. The summed E-state index contributed by atoms with van der Waals surface area (Å²) < 4.78 is 22.3. The van der Waals surface area contributed by atoms with Gasteiger partial charge in [0.05, 0.1) is 37.8 Å². The number of esters is 1. The van der Waals surface area contributed by atoms with E-state index in [-0.39, 0.29) is 0 Å². The van der Waals surface area contributed by atoms with Crippen LogP contribution in [0.4, 0.5) is 11.4 Å². The number of nitrogens with one attached hydrogen (secondary N) is 1.